The van der Waals surface area contributed by atoms with E-state index < -0.39 is 0 Å². The van der Waals surface area contributed by atoms with E-state index in [1.165, 1.54) is 0 Å². The Morgan fingerprint density at radius 3 is 2.50 bits per heavy atom. The first-order valence-corrected chi connectivity index (χ1v) is 5.89. The van der Waals surface area contributed by atoms with Crippen LogP contribution < -0.4 is 5.32 Å². The zero-order valence-corrected chi connectivity index (χ0v) is 10.0. The van der Waals surface area contributed by atoms with Gasteiger partial charge >= 0.3 is 0 Å². The Hall–Kier alpha value is -0.770. The predicted octanol–water partition coefficient (Wildman–Crippen LogP) is 2.50. The van der Waals surface area contributed by atoms with Crippen molar-refractivity contribution < 1.29 is 0 Å². The van der Waals surface area contributed by atoms with Crippen molar-refractivity contribution in [1.29, 1.82) is 0 Å². The average molecular weight is 211 g/mol. The largest absolute Gasteiger partial charge is 0.373 e. The van der Waals surface area contributed by atoms with Gasteiger partial charge in [-0.15, -0.1) is 11.8 Å². The van der Waals surface area contributed by atoms with Gasteiger partial charge < -0.3 is 5.32 Å². The molecule has 0 atom stereocenters. The Morgan fingerprint density at radius 2 is 2.00 bits per heavy atom. The number of aryl methyl sites for hydroxylation is 1. The van der Waals surface area contributed by atoms with Crippen LogP contribution in [0.2, 0.25) is 0 Å². The Kier molecular flexibility index (Phi) is 4.20. The van der Waals surface area contributed by atoms with Crippen molar-refractivity contribution in [3.63, 3.8) is 0 Å². The van der Waals surface area contributed by atoms with Gasteiger partial charge in [0.15, 0.2) is 0 Å². The minimum Gasteiger partial charge on any atom is -0.373 e. The Balaban J connectivity index is 3.12. The second-order valence-electron chi connectivity index (χ2n) is 2.96. The van der Waals surface area contributed by atoms with E-state index in [0.717, 1.165) is 34.4 Å². The predicted molar refractivity (Wildman–Crippen MR) is 62.1 cm³/mol. The minimum atomic E-state index is 0.881. The van der Waals surface area contributed by atoms with E-state index in [1.807, 2.05) is 7.05 Å². The molecule has 0 aromatic carbocycles. The first-order valence-electron chi connectivity index (χ1n) is 4.90. The van der Waals surface area contributed by atoms with E-state index in [-0.39, 0.29) is 0 Å². The van der Waals surface area contributed by atoms with Crippen molar-refractivity contribution in [2.45, 2.75) is 32.2 Å². The van der Waals surface area contributed by atoms with Gasteiger partial charge in [-0.3, -0.25) is 0 Å². The molecule has 0 radical (unpaired) electrons. The molecule has 14 heavy (non-hydrogen) atoms. The van der Waals surface area contributed by atoms with Crippen LogP contribution in [0.4, 0.5) is 5.82 Å². The molecule has 0 unspecified atom stereocenters. The van der Waals surface area contributed by atoms with Crippen molar-refractivity contribution in [3.05, 3.63) is 11.4 Å². The summed E-state index contributed by atoms with van der Waals surface area (Å²) >= 11 is 1.77. The summed E-state index contributed by atoms with van der Waals surface area (Å²) in [6, 6.07) is 0. The lowest BCUT2D eigenvalue weighted by Gasteiger charge is -2.10. The van der Waals surface area contributed by atoms with Gasteiger partial charge in [0.2, 0.25) is 0 Å². The normalized spacial score (nSPS) is 10.3. The number of hydrogen-bond acceptors (Lipinski definition) is 4. The highest BCUT2D eigenvalue weighted by atomic mass is 32.2. The molecule has 1 aromatic heterocycles. The second-order valence-corrected chi connectivity index (χ2v) is 4.21. The molecule has 3 nitrogen and oxygen atoms in total. The highest BCUT2D eigenvalue weighted by Crippen LogP contribution is 2.24. The number of anilines is 1. The van der Waals surface area contributed by atoms with Crippen molar-refractivity contribution in [2.75, 3.05) is 18.1 Å². The Bertz CT molecular complexity index is 312. The summed E-state index contributed by atoms with van der Waals surface area (Å²) in [6.07, 6.45) is 0.881. The van der Waals surface area contributed by atoms with E-state index in [4.69, 9.17) is 0 Å². The number of nitrogens with zero attached hydrogens (tertiary/aromatic N) is 2. The van der Waals surface area contributed by atoms with E-state index in [9.17, 15) is 0 Å². The third kappa shape index (κ3) is 2.38. The fourth-order valence-electron chi connectivity index (χ4n) is 1.22. The van der Waals surface area contributed by atoms with Crippen LogP contribution in [0.5, 0.6) is 0 Å². The molecule has 0 amide bonds. The smallest absolute Gasteiger partial charge is 0.133 e. The zero-order chi connectivity index (χ0) is 10.6. The quantitative estimate of drug-likeness (QED) is 0.613. The molecule has 0 spiro atoms. The molecule has 0 saturated heterocycles. The lowest BCUT2D eigenvalue weighted by atomic mass is 10.3. The van der Waals surface area contributed by atoms with Crippen LogP contribution in [0.1, 0.15) is 25.2 Å². The van der Waals surface area contributed by atoms with Crippen molar-refractivity contribution in [3.8, 4) is 0 Å². The van der Waals surface area contributed by atoms with Gasteiger partial charge in [-0.2, -0.15) is 0 Å². The van der Waals surface area contributed by atoms with Crippen LogP contribution in [0.3, 0.4) is 0 Å². The van der Waals surface area contributed by atoms with Gasteiger partial charge in [-0.25, -0.2) is 9.97 Å². The van der Waals surface area contributed by atoms with E-state index in [2.05, 4.69) is 36.1 Å². The van der Waals surface area contributed by atoms with Crippen molar-refractivity contribution in [1.82, 2.24) is 9.97 Å². The van der Waals surface area contributed by atoms with Crippen LogP contribution in [-0.2, 0) is 6.42 Å². The summed E-state index contributed by atoms with van der Waals surface area (Å²) in [5, 5.41) is 4.20. The molecule has 1 aromatic rings. The molecule has 4 heteroatoms. The van der Waals surface area contributed by atoms with Crippen LogP contribution in [-0.4, -0.2) is 22.8 Å². The van der Waals surface area contributed by atoms with Gasteiger partial charge in [-0.1, -0.05) is 13.8 Å². The van der Waals surface area contributed by atoms with Gasteiger partial charge in [0.05, 0.1) is 0 Å². The van der Waals surface area contributed by atoms with Gasteiger partial charge in [-0.05, 0) is 12.7 Å². The van der Waals surface area contributed by atoms with Gasteiger partial charge in [0.1, 0.15) is 16.7 Å². The van der Waals surface area contributed by atoms with E-state index in [0.29, 0.717) is 0 Å². The van der Waals surface area contributed by atoms with Gasteiger partial charge in [0.25, 0.3) is 0 Å². The Morgan fingerprint density at radius 1 is 1.29 bits per heavy atom. The number of aromatic nitrogens is 2. The third-order valence-corrected chi connectivity index (χ3v) is 2.94. The summed E-state index contributed by atoms with van der Waals surface area (Å²) in [6.45, 7) is 6.27. The van der Waals surface area contributed by atoms with Gasteiger partial charge in [0, 0.05) is 19.0 Å². The molecule has 78 valence electrons. The lowest BCUT2D eigenvalue weighted by molar-refractivity contribution is 0.875. The van der Waals surface area contributed by atoms with Crippen LogP contribution in [0.25, 0.3) is 0 Å². The molecule has 0 saturated carbocycles. The molecular weight excluding hydrogens is 194 g/mol. The average Bonchev–Trinajstić information content (AvgIpc) is 2.21. The summed E-state index contributed by atoms with van der Waals surface area (Å²) in [7, 11) is 1.90. The number of nitrogens with one attached hydrogen (secondary N) is 1. The monoisotopic (exact) mass is 211 g/mol. The Labute approximate surface area is 89.7 Å². The molecule has 0 aliphatic carbocycles. The third-order valence-electron chi connectivity index (χ3n) is 1.98. The maximum atomic E-state index is 4.50. The summed E-state index contributed by atoms with van der Waals surface area (Å²) in [5.41, 5.74) is 1.15. The molecular formula is C10H17N3S. The summed E-state index contributed by atoms with van der Waals surface area (Å²) in [4.78, 5) is 8.92. The standard InChI is InChI=1S/C10H17N3S/c1-5-8-12-9(11-4)7(3)10(13-8)14-6-2/h5-6H2,1-4H3,(H,11,12,13). The maximum Gasteiger partial charge on any atom is 0.133 e. The number of hydrogen-bond donors (Lipinski definition) is 1. The fourth-order valence-corrected chi connectivity index (χ4v) is 1.98. The fraction of sp³-hybridized carbons (Fsp3) is 0.600. The lowest BCUT2D eigenvalue weighted by Crippen LogP contribution is -2.04. The summed E-state index contributed by atoms with van der Waals surface area (Å²) < 4.78 is 0. The first-order chi connectivity index (χ1) is 6.72. The minimum absolute atomic E-state index is 0.881. The van der Waals surface area contributed by atoms with E-state index in [1.54, 1.807) is 11.8 Å². The molecule has 0 aliphatic heterocycles. The zero-order valence-electron chi connectivity index (χ0n) is 9.22. The molecule has 0 aliphatic rings. The highest BCUT2D eigenvalue weighted by molar-refractivity contribution is 7.99. The molecule has 1 heterocycles. The topological polar surface area (TPSA) is 37.8 Å². The maximum absolute atomic E-state index is 4.50. The number of rotatable bonds is 4. The van der Waals surface area contributed by atoms with Crippen LogP contribution >= 0.6 is 11.8 Å². The van der Waals surface area contributed by atoms with Crippen molar-refractivity contribution >= 4 is 17.6 Å². The molecule has 0 bridgehead atoms. The van der Waals surface area contributed by atoms with Crippen LogP contribution in [0, 0.1) is 6.92 Å². The SMILES string of the molecule is CCSc1nc(CC)nc(NC)c1C. The van der Waals surface area contributed by atoms with E-state index >= 15 is 0 Å². The highest BCUT2D eigenvalue weighted by Gasteiger charge is 2.08. The first kappa shape index (κ1) is 11.3. The molecule has 1 rings (SSSR count). The molecule has 1 N–H and O–H groups in total. The van der Waals surface area contributed by atoms with Crippen LogP contribution in [0.15, 0.2) is 5.03 Å². The summed E-state index contributed by atoms with van der Waals surface area (Å²) in [5.74, 6) is 2.91. The number of thioether (sulfide) groups is 1. The van der Waals surface area contributed by atoms with Crippen molar-refractivity contribution in [2.24, 2.45) is 0 Å². The second kappa shape index (κ2) is 5.20. The molecule has 0 fully saturated rings.